The third-order valence-corrected chi connectivity index (χ3v) is 10.4. The van der Waals surface area contributed by atoms with Gasteiger partial charge in [-0.3, -0.25) is 18.9 Å². The number of aromatic amines is 1. The van der Waals surface area contributed by atoms with Crippen molar-refractivity contribution in [2.45, 2.75) is 91.1 Å². The van der Waals surface area contributed by atoms with Crippen molar-refractivity contribution >= 4 is 21.6 Å². The van der Waals surface area contributed by atoms with Crippen molar-refractivity contribution in [2.24, 2.45) is 0 Å². The van der Waals surface area contributed by atoms with Crippen LogP contribution in [-0.2, 0) is 38.7 Å². The van der Waals surface area contributed by atoms with E-state index in [4.69, 9.17) is 32.8 Å². The summed E-state index contributed by atoms with van der Waals surface area (Å²) in [6.07, 6.45) is -0.483. The smallest absolute Gasteiger partial charge is 0.374 e. The lowest BCUT2D eigenvalue weighted by Gasteiger charge is -2.38. The van der Waals surface area contributed by atoms with Gasteiger partial charge in [0.15, 0.2) is 11.7 Å². The summed E-state index contributed by atoms with van der Waals surface area (Å²) < 4.78 is 53.7. The predicted molar refractivity (Wildman–Crippen MR) is 157 cm³/mol. The zero-order valence-corrected chi connectivity index (χ0v) is 27.3. The number of aromatic nitrogens is 5. The Bertz CT molecular complexity index is 1360. The van der Waals surface area contributed by atoms with Crippen LogP contribution < -0.4 is 16.7 Å². The zero-order valence-electron chi connectivity index (χ0n) is 25.5. The third kappa shape index (κ3) is 8.66. The highest BCUT2D eigenvalue weighted by Gasteiger charge is 2.50. The molecule has 0 aromatic carbocycles. The first kappa shape index (κ1) is 35.2. The van der Waals surface area contributed by atoms with E-state index in [0.29, 0.717) is 0 Å². The number of nitrogens with zero attached hydrogens (tertiary/aromatic N) is 6. The van der Waals surface area contributed by atoms with Crippen LogP contribution in [-0.4, -0.2) is 86.5 Å². The van der Waals surface area contributed by atoms with Crippen LogP contribution in [0.3, 0.4) is 0 Å². The van der Waals surface area contributed by atoms with E-state index in [2.05, 4.69) is 26.0 Å². The molecule has 43 heavy (non-hydrogen) atoms. The van der Waals surface area contributed by atoms with E-state index in [1.165, 1.54) is 34.8 Å². The highest BCUT2D eigenvalue weighted by Crippen LogP contribution is 2.50. The van der Waals surface area contributed by atoms with E-state index in [1.807, 2.05) is 27.7 Å². The fraction of sp³-hybridized carbons (Fsp3) is 0.720. The summed E-state index contributed by atoms with van der Waals surface area (Å²) >= 11 is 0. The van der Waals surface area contributed by atoms with Crippen molar-refractivity contribution in [3.8, 4) is 6.07 Å². The number of hydrogen-bond donors (Lipinski definition) is 1. The molecular weight excluding hydrogens is 604 g/mol. The lowest BCUT2D eigenvalue weighted by Crippen LogP contribution is -2.42. The molecule has 18 heteroatoms. The quantitative estimate of drug-likeness (QED) is 0.195. The summed E-state index contributed by atoms with van der Waals surface area (Å²) in [5, 5.41) is 17.3. The van der Waals surface area contributed by atoms with Crippen LogP contribution in [0.5, 0.6) is 0 Å². The van der Waals surface area contributed by atoms with Crippen LogP contribution in [0, 0.1) is 11.3 Å². The Balaban J connectivity index is 2.02. The van der Waals surface area contributed by atoms with Crippen molar-refractivity contribution < 1.29 is 32.1 Å². The predicted octanol–water partition coefficient (Wildman–Crippen LogP) is 2.29. The summed E-state index contributed by atoms with van der Waals surface area (Å²) in [5.74, 6) is 0. The topological polar surface area (TPSA) is 185 Å². The maximum atomic E-state index is 13.3. The molecule has 2 aromatic rings. The van der Waals surface area contributed by atoms with Crippen LogP contribution in [0.4, 0.5) is 0 Å². The van der Waals surface area contributed by atoms with E-state index in [9.17, 15) is 14.2 Å². The van der Waals surface area contributed by atoms with Crippen molar-refractivity contribution in [1.82, 2.24) is 29.2 Å². The lowest BCUT2D eigenvalue weighted by molar-refractivity contribution is -0.0565. The highest BCUT2D eigenvalue weighted by molar-refractivity contribution is 7.61. The normalized spacial score (nSPS) is 21.6. The van der Waals surface area contributed by atoms with Gasteiger partial charge in [0.25, 0.3) is 14.1 Å². The van der Waals surface area contributed by atoms with Gasteiger partial charge in [0, 0.05) is 31.5 Å². The Morgan fingerprint density at radius 3 is 2.42 bits per heavy atom. The molecule has 1 fully saturated rings. The van der Waals surface area contributed by atoms with Gasteiger partial charge in [-0.05, 0) is 41.5 Å². The monoisotopic (exact) mass is 645 g/mol. The summed E-state index contributed by atoms with van der Waals surface area (Å²) in [7, 11) is -3.97. The molecule has 5 atom stereocenters. The van der Waals surface area contributed by atoms with Gasteiger partial charge >= 0.3 is 13.3 Å². The average molecular weight is 646 g/mol. The summed E-state index contributed by atoms with van der Waals surface area (Å²) in [5.41, 5.74) is -1.20. The Morgan fingerprint density at radius 2 is 1.86 bits per heavy atom. The van der Waals surface area contributed by atoms with Gasteiger partial charge in [-0.15, -0.1) is 5.10 Å². The fourth-order valence-electron chi connectivity index (χ4n) is 4.68. The van der Waals surface area contributed by atoms with Crippen molar-refractivity contribution in [3.63, 3.8) is 0 Å². The van der Waals surface area contributed by atoms with Crippen molar-refractivity contribution in [1.29, 1.82) is 5.26 Å². The van der Waals surface area contributed by atoms with E-state index in [0.717, 1.165) is 0 Å². The molecule has 0 spiro atoms. The Morgan fingerprint density at radius 1 is 1.19 bits per heavy atom. The molecular formula is C25H41N7O9P2. The number of rotatable bonds is 17. The van der Waals surface area contributed by atoms with Crippen molar-refractivity contribution in [3.05, 3.63) is 39.3 Å². The van der Waals surface area contributed by atoms with E-state index >= 15 is 0 Å². The number of nitriles is 1. The molecule has 0 saturated carbocycles. The molecule has 0 radical (unpaired) electrons. The molecule has 1 aliphatic rings. The summed E-state index contributed by atoms with van der Waals surface area (Å²) in [6.45, 7) is 11.9. The Hall–Kier alpha value is -2.31. The fourth-order valence-corrected chi connectivity index (χ4v) is 7.89. The third-order valence-electron chi connectivity index (χ3n) is 6.33. The van der Waals surface area contributed by atoms with Gasteiger partial charge in [0.05, 0.1) is 45.1 Å². The maximum Gasteiger partial charge on any atom is 0.383 e. The molecule has 3 unspecified atom stereocenters. The minimum Gasteiger partial charge on any atom is -0.374 e. The van der Waals surface area contributed by atoms with Gasteiger partial charge in [-0.1, -0.05) is 5.21 Å². The van der Waals surface area contributed by atoms with Crippen molar-refractivity contribution in [2.75, 3.05) is 26.9 Å². The molecule has 240 valence electrons. The van der Waals surface area contributed by atoms with Gasteiger partial charge in [0.2, 0.25) is 0 Å². The van der Waals surface area contributed by atoms with Gasteiger partial charge in [-0.2, -0.15) is 5.26 Å². The molecule has 2 aromatic heterocycles. The van der Waals surface area contributed by atoms with Gasteiger partial charge < -0.3 is 27.6 Å². The Kier molecular flexibility index (Phi) is 13.2. The molecule has 0 amide bonds. The average Bonchev–Trinajstić information content (AvgIpc) is 3.54. The highest BCUT2D eigenvalue weighted by atomic mass is 31.2. The number of hydrogen-bond acceptors (Lipinski definition) is 13. The van der Waals surface area contributed by atoms with E-state index < -0.39 is 51.9 Å². The Labute approximate surface area is 251 Å². The van der Waals surface area contributed by atoms with E-state index in [-0.39, 0.29) is 50.3 Å². The second-order valence-electron chi connectivity index (χ2n) is 10.0. The van der Waals surface area contributed by atoms with Crippen LogP contribution in [0.25, 0.3) is 0 Å². The van der Waals surface area contributed by atoms with Gasteiger partial charge in [0.1, 0.15) is 18.3 Å². The van der Waals surface area contributed by atoms with E-state index in [1.54, 1.807) is 13.8 Å². The first-order valence-electron chi connectivity index (χ1n) is 14.0. The summed E-state index contributed by atoms with van der Waals surface area (Å²) in [4.78, 5) is 26.8. The molecule has 1 N–H and O–H groups in total. The number of nitrogens with one attached hydrogen (secondary N) is 1. The lowest BCUT2D eigenvalue weighted by atomic mass is 10.1. The van der Waals surface area contributed by atoms with Crippen LogP contribution in [0.1, 0.15) is 54.2 Å². The zero-order chi connectivity index (χ0) is 31.7. The SMILES string of the molecule is CCOP(=O)(OCC)c1cn(C[C@H]2O[C@@H](n3ccc(=O)[nH]c3=O)C(OC)C2OP(OCCC#N)N(C(C)C)C(C)C)nn1. The number of methoxy groups -OCH3 is 1. The number of H-pyrrole nitrogens is 1. The maximum absolute atomic E-state index is 13.3. The number of ether oxygens (including phenoxy) is 2. The van der Waals surface area contributed by atoms with Crippen LogP contribution in [0.15, 0.2) is 28.0 Å². The summed E-state index contributed by atoms with van der Waals surface area (Å²) in [6, 6.07) is 3.34. The molecule has 3 rings (SSSR count). The molecule has 1 aliphatic heterocycles. The molecule has 16 nitrogen and oxygen atoms in total. The first-order chi connectivity index (χ1) is 20.5. The molecule has 1 saturated heterocycles. The van der Waals surface area contributed by atoms with Crippen LogP contribution >= 0.6 is 16.1 Å². The van der Waals surface area contributed by atoms with Crippen LogP contribution in [0.2, 0.25) is 0 Å². The second-order valence-corrected chi connectivity index (χ2v) is 13.4. The largest absolute Gasteiger partial charge is 0.383 e. The van der Waals surface area contributed by atoms with Gasteiger partial charge in [-0.25, -0.2) is 14.1 Å². The minimum absolute atomic E-state index is 0.0247. The minimum atomic E-state index is -3.69. The second kappa shape index (κ2) is 16.1. The standard InChI is InChI=1S/C25H41N7O9P2/c1-8-38-43(35,39-9-2)21-16-30(29-28-21)15-19-22(41-42(37-14-10-12-26)32(17(3)4)18(5)6)23(36-7)24(40-19)31-13-11-20(33)27-25(31)34/h11,13,16-19,22-24H,8-10,14-15H2,1-7H3,(H,27,33,34)/t19-,22?,23?,24-,42?/m1/s1. The first-order valence-corrected chi connectivity index (χ1v) is 16.7. The molecule has 0 aliphatic carbocycles. The molecule has 3 heterocycles. The molecule has 0 bridgehead atoms.